The Labute approximate surface area is 120 Å². The molecule has 1 aromatic rings. The fourth-order valence-corrected chi connectivity index (χ4v) is 5.04. The Morgan fingerprint density at radius 1 is 1.44 bits per heavy atom. The summed E-state index contributed by atoms with van der Waals surface area (Å²) in [6.07, 6.45) is 1.48. The van der Waals surface area contributed by atoms with Crippen molar-refractivity contribution in [1.82, 2.24) is 4.31 Å². The van der Waals surface area contributed by atoms with E-state index < -0.39 is 10.0 Å². The number of hydrogen-bond donors (Lipinski definition) is 1. The summed E-state index contributed by atoms with van der Waals surface area (Å²) in [5, 5.41) is 0. The van der Waals surface area contributed by atoms with Crippen LogP contribution in [-0.2, 0) is 10.0 Å². The van der Waals surface area contributed by atoms with Crippen LogP contribution < -0.4 is 5.73 Å². The Morgan fingerprint density at radius 3 is 2.72 bits per heavy atom. The molecule has 18 heavy (non-hydrogen) atoms. The van der Waals surface area contributed by atoms with Crippen molar-refractivity contribution in [2.75, 3.05) is 6.54 Å². The van der Waals surface area contributed by atoms with Gasteiger partial charge in [0.15, 0.2) is 0 Å². The summed E-state index contributed by atoms with van der Waals surface area (Å²) >= 11 is 8.21. The van der Waals surface area contributed by atoms with E-state index in [1.807, 2.05) is 0 Å². The largest absolute Gasteiger partial charge is 0.392 e. The summed E-state index contributed by atoms with van der Waals surface area (Å²) in [7, 11) is -3.54. The van der Waals surface area contributed by atoms with Gasteiger partial charge in [0.05, 0.1) is 15.9 Å². The SMILES string of the molecule is NC(=S)C1CCCN1S(=O)(=O)c1ccccc1Br. The van der Waals surface area contributed by atoms with Crippen molar-refractivity contribution in [3.8, 4) is 0 Å². The van der Waals surface area contributed by atoms with Gasteiger partial charge in [-0.25, -0.2) is 8.42 Å². The van der Waals surface area contributed by atoms with Crippen molar-refractivity contribution in [2.45, 2.75) is 23.8 Å². The molecule has 1 aliphatic rings. The Bertz CT molecular complexity index is 574. The molecule has 7 heteroatoms. The average Bonchev–Trinajstić information content (AvgIpc) is 2.78. The molecule has 0 radical (unpaired) electrons. The van der Waals surface area contributed by atoms with E-state index in [-0.39, 0.29) is 15.9 Å². The van der Waals surface area contributed by atoms with E-state index >= 15 is 0 Å². The standard InChI is InChI=1S/C11H13BrN2O2S2/c12-8-4-1-2-6-10(8)18(15,16)14-7-3-5-9(14)11(13)17/h1-2,4,6,9H,3,5,7H2,(H2,13,17). The third-order valence-electron chi connectivity index (χ3n) is 2.96. The zero-order chi connectivity index (χ0) is 13.3. The molecule has 0 spiro atoms. The van der Waals surface area contributed by atoms with Crippen LogP contribution in [0.25, 0.3) is 0 Å². The summed E-state index contributed by atoms with van der Waals surface area (Å²) in [4.78, 5) is 0.497. The number of sulfonamides is 1. The summed E-state index contributed by atoms with van der Waals surface area (Å²) in [6, 6.07) is 6.39. The van der Waals surface area contributed by atoms with Crippen molar-refractivity contribution in [2.24, 2.45) is 5.73 Å². The number of thiocarbonyl (C=S) groups is 1. The van der Waals surface area contributed by atoms with Crippen molar-refractivity contribution in [3.05, 3.63) is 28.7 Å². The minimum Gasteiger partial charge on any atom is -0.392 e. The molecule has 2 rings (SSSR count). The zero-order valence-electron chi connectivity index (χ0n) is 9.54. The van der Waals surface area contributed by atoms with Crippen molar-refractivity contribution in [3.63, 3.8) is 0 Å². The predicted octanol–water partition coefficient (Wildman–Crippen LogP) is 1.89. The van der Waals surface area contributed by atoms with Crippen molar-refractivity contribution >= 4 is 43.2 Å². The summed E-state index contributed by atoms with van der Waals surface area (Å²) in [6.45, 7) is 0.464. The molecular formula is C11H13BrN2O2S2. The second-order valence-electron chi connectivity index (χ2n) is 4.11. The summed E-state index contributed by atoms with van der Waals surface area (Å²) in [5.41, 5.74) is 5.61. The van der Waals surface area contributed by atoms with Gasteiger partial charge in [-0.1, -0.05) is 24.4 Å². The highest BCUT2D eigenvalue weighted by atomic mass is 79.9. The molecule has 1 fully saturated rings. The Kier molecular flexibility index (Phi) is 4.05. The average molecular weight is 349 g/mol. The molecule has 1 saturated heterocycles. The first-order valence-corrected chi connectivity index (χ1v) is 8.14. The number of rotatable bonds is 3. The highest BCUT2D eigenvalue weighted by molar-refractivity contribution is 9.10. The highest BCUT2D eigenvalue weighted by Gasteiger charge is 2.37. The quantitative estimate of drug-likeness (QED) is 0.847. The molecule has 0 aliphatic carbocycles. The van der Waals surface area contributed by atoms with Crippen molar-refractivity contribution in [1.29, 1.82) is 0 Å². The lowest BCUT2D eigenvalue weighted by Crippen LogP contribution is -2.42. The summed E-state index contributed by atoms with van der Waals surface area (Å²) in [5.74, 6) is 0. The van der Waals surface area contributed by atoms with Gasteiger partial charge in [0, 0.05) is 11.0 Å². The number of nitrogens with two attached hydrogens (primary N) is 1. The monoisotopic (exact) mass is 348 g/mol. The molecule has 98 valence electrons. The predicted molar refractivity (Wildman–Crippen MR) is 77.8 cm³/mol. The molecule has 2 N–H and O–H groups in total. The molecule has 1 unspecified atom stereocenters. The number of benzene rings is 1. The van der Waals surface area contributed by atoms with E-state index in [1.54, 1.807) is 24.3 Å². The van der Waals surface area contributed by atoms with Gasteiger partial charge in [0.2, 0.25) is 10.0 Å². The lowest BCUT2D eigenvalue weighted by Gasteiger charge is -2.23. The molecule has 0 saturated carbocycles. The van der Waals surface area contributed by atoms with Crippen LogP contribution in [0.5, 0.6) is 0 Å². The number of halogens is 1. The maximum atomic E-state index is 12.6. The van der Waals surface area contributed by atoms with E-state index in [9.17, 15) is 8.42 Å². The second-order valence-corrected chi connectivity index (χ2v) is 7.29. The number of hydrogen-bond acceptors (Lipinski definition) is 3. The van der Waals surface area contributed by atoms with Gasteiger partial charge in [-0.05, 0) is 40.9 Å². The highest BCUT2D eigenvalue weighted by Crippen LogP contribution is 2.30. The number of nitrogens with zero attached hydrogens (tertiary/aromatic N) is 1. The topological polar surface area (TPSA) is 63.4 Å². The van der Waals surface area contributed by atoms with Gasteiger partial charge < -0.3 is 5.73 Å². The molecule has 0 aromatic heterocycles. The molecule has 1 aromatic carbocycles. The van der Waals surface area contributed by atoms with Crippen LogP contribution in [0, 0.1) is 0 Å². The van der Waals surface area contributed by atoms with Crippen LogP contribution >= 0.6 is 28.1 Å². The maximum absolute atomic E-state index is 12.6. The van der Waals surface area contributed by atoms with E-state index in [0.717, 1.165) is 6.42 Å². The molecular weight excluding hydrogens is 336 g/mol. The fourth-order valence-electron chi connectivity index (χ4n) is 2.09. The Balaban J connectivity index is 2.43. The van der Waals surface area contributed by atoms with Crippen LogP contribution in [0.3, 0.4) is 0 Å². The molecule has 1 atom stereocenters. The normalized spacial score (nSPS) is 21.1. The van der Waals surface area contributed by atoms with Crippen LogP contribution in [0.1, 0.15) is 12.8 Å². The smallest absolute Gasteiger partial charge is 0.244 e. The minimum absolute atomic E-state index is 0.239. The van der Waals surface area contributed by atoms with Crippen LogP contribution in [-0.4, -0.2) is 30.3 Å². The van der Waals surface area contributed by atoms with Gasteiger partial charge in [0.25, 0.3) is 0 Å². The van der Waals surface area contributed by atoms with E-state index in [4.69, 9.17) is 18.0 Å². The van der Waals surface area contributed by atoms with Gasteiger partial charge in [-0.15, -0.1) is 0 Å². The van der Waals surface area contributed by atoms with Crippen LogP contribution in [0.15, 0.2) is 33.6 Å². The first kappa shape index (κ1) is 13.9. The zero-order valence-corrected chi connectivity index (χ0v) is 12.8. The molecule has 0 bridgehead atoms. The molecule has 1 heterocycles. The first-order valence-electron chi connectivity index (χ1n) is 5.50. The van der Waals surface area contributed by atoms with Gasteiger partial charge >= 0.3 is 0 Å². The molecule has 4 nitrogen and oxygen atoms in total. The van der Waals surface area contributed by atoms with E-state index in [0.29, 0.717) is 17.4 Å². The summed E-state index contributed by atoms with van der Waals surface area (Å²) < 4.78 is 27.1. The third-order valence-corrected chi connectivity index (χ3v) is 6.15. The Morgan fingerprint density at radius 2 is 2.11 bits per heavy atom. The van der Waals surface area contributed by atoms with Gasteiger partial charge in [-0.2, -0.15) is 4.31 Å². The molecule has 1 aliphatic heterocycles. The van der Waals surface area contributed by atoms with Crippen molar-refractivity contribution < 1.29 is 8.42 Å². The van der Waals surface area contributed by atoms with Crippen LogP contribution in [0.2, 0.25) is 0 Å². The van der Waals surface area contributed by atoms with E-state index in [1.165, 1.54) is 4.31 Å². The second kappa shape index (κ2) is 5.24. The minimum atomic E-state index is -3.54. The van der Waals surface area contributed by atoms with Crippen LogP contribution in [0.4, 0.5) is 0 Å². The van der Waals surface area contributed by atoms with E-state index in [2.05, 4.69) is 15.9 Å². The van der Waals surface area contributed by atoms with Gasteiger partial charge in [-0.3, -0.25) is 0 Å². The lowest BCUT2D eigenvalue weighted by molar-refractivity contribution is 0.446. The van der Waals surface area contributed by atoms with Gasteiger partial charge in [0.1, 0.15) is 0 Å². The maximum Gasteiger partial charge on any atom is 0.244 e. The lowest BCUT2D eigenvalue weighted by atomic mass is 10.2. The molecule has 0 amide bonds. The third kappa shape index (κ3) is 2.45. The Hall–Kier alpha value is -0.500. The first-order chi connectivity index (χ1) is 8.44. The fraction of sp³-hybridized carbons (Fsp3) is 0.364.